The van der Waals surface area contributed by atoms with Crippen molar-refractivity contribution in [1.82, 2.24) is 29.4 Å². The number of aryl methyl sites for hydroxylation is 1. The normalized spacial score (nSPS) is 11.2. The molecule has 0 bridgehead atoms. The van der Waals surface area contributed by atoms with Crippen molar-refractivity contribution in [2.45, 2.75) is 13.3 Å². The predicted octanol–water partition coefficient (Wildman–Crippen LogP) is 1.47. The lowest BCUT2D eigenvalue weighted by molar-refractivity contribution is 0.741. The fourth-order valence-corrected chi connectivity index (χ4v) is 2.18. The van der Waals surface area contributed by atoms with Crippen LogP contribution in [0.1, 0.15) is 11.3 Å². The van der Waals surface area contributed by atoms with Crippen molar-refractivity contribution >= 4 is 23.2 Å². The number of nitrogens with one attached hydrogen (secondary N) is 1. The molecule has 0 aromatic carbocycles. The fraction of sp³-hybridized carbons (Fsp3) is 0.333. The fourth-order valence-electron chi connectivity index (χ4n) is 2.01. The van der Waals surface area contributed by atoms with Crippen LogP contribution in [0.4, 0.5) is 5.82 Å². The standard InChI is InChI=1S/C12H14ClN7/c1-8-10(13)17-12-15-7-16-20(12)11(8)14-5-3-9-4-6-19(2)18-9/h4,6-7,14H,3,5H2,1-2H3. The number of anilines is 1. The molecule has 20 heavy (non-hydrogen) atoms. The second-order valence-corrected chi connectivity index (χ2v) is 4.86. The quantitative estimate of drug-likeness (QED) is 0.737. The van der Waals surface area contributed by atoms with Gasteiger partial charge in [0.1, 0.15) is 17.3 Å². The Labute approximate surface area is 120 Å². The van der Waals surface area contributed by atoms with Gasteiger partial charge in [-0.25, -0.2) is 0 Å². The van der Waals surface area contributed by atoms with Gasteiger partial charge in [-0.3, -0.25) is 4.68 Å². The molecule has 0 unspecified atom stereocenters. The van der Waals surface area contributed by atoms with E-state index in [9.17, 15) is 0 Å². The molecular weight excluding hydrogens is 278 g/mol. The molecule has 3 heterocycles. The Bertz CT molecular complexity index is 745. The second-order valence-electron chi connectivity index (χ2n) is 4.51. The van der Waals surface area contributed by atoms with Crippen molar-refractivity contribution in [3.8, 4) is 0 Å². The molecule has 0 aliphatic rings. The molecule has 1 N–H and O–H groups in total. The highest BCUT2D eigenvalue weighted by Crippen LogP contribution is 2.21. The Balaban J connectivity index is 1.80. The Morgan fingerprint density at radius 2 is 2.25 bits per heavy atom. The van der Waals surface area contributed by atoms with Crippen molar-refractivity contribution in [2.75, 3.05) is 11.9 Å². The maximum atomic E-state index is 6.10. The monoisotopic (exact) mass is 291 g/mol. The molecule has 0 saturated heterocycles. The third kappa shape index (κ3) is 2.32. The maximum Gasteiger partial charge on any atom is 0.255 e. The Kier molecular flexibility index (Phi) is 3.27. The average Bonchev–Trinajstić information content (AvgIpc) is 3.03. The van der Waals surface area contributed by atoms with E-state index in [0.29, 0.717) is 10.9 Å². The molecular formula is C12H14ClN7. The molecule has 0 saturated carbocycles. The van der Waals surface area contributed by atoms with Crippen LogP contribution in [0.15, 0.2) is 18.6 Å². The Hall–Kier alpha value is -2.15. The van der Waals surface area contributed by atoms with E-state index >= 15 is 0 Å². The topological polar surface area (TPSA) is 72.9 Å². The van der Waals surface area contributed by atoms with Crippen LogP contribution in [0.25, 0.3) is 5.78 Å². The van der Waals surface area contributed by atoms with Crippen LogP contribution in [0.3, 0.4) is 0 Å². The van der Waals surface area contributed by atoms with Crippen LogP contribution >= 0.6 is 11.6 Å². The highest BCUT2D eigenvalue weighted by Gasteiger charge is 2.11. The van der Waals surface area contributed by atoms with Crippen molar-refractivity contribution in [2.24, 2.45) is 7.05 Å². The highest BCUT2D eigenvalue weighted by molar-refractivity contribution is 6.30. The summed E-state index contributed by atoms with van der Waals surface area (Å²) in [6.45, 7) is 2.63. The summed E-state index contributed by atoms with van der Waals surface area (Å²) < 4.78 is 3.44. The molecule has 3 rings (SSSR count). The molecule has 8 heteroatoms. The lowest BCUT2D eigenvalue weighted by atomic mass is 10.3. The SMILES string of the molecule is Cc1c(Cl)nc2ncnn2c1NCCc1ccn(C)n1. The molecule has 0 aliphatic heterocycles. The summed E-state index contributed by atoms with van der Waals surface area (Å²) in [4.78, 5) is 8.22. The summed E-state index contributed by atoms with van der Waals surface area (Å²) in [6.07, 6.45) is 4.21. The smallest absolute Gasteiger partial charge is 0.255 e. The largest absolute Gasteiger partial charge is 0.369 e. The number of rotatable bonds is 4. The zero-order valence-electron chi connectivity index (χ0n) is 11.2. The Morgan fingerprint density at radius 1 is 1.40 bits per heavy atom. The van der Waals surface area contributed by atoms with Crippen LogP contribution in [0, 0.1) is 6.92 Å². The molecule has 0 aliphatic carbocycles. The zero-order valence-corrected chi connectivity index (χ0v) is 12.0. The molecule has 0 radical (unpaired) electrons. The summed E-state index contributed by atoms with van der Waals surface area (Å²) in [6, 6.07) is 2.00. The van der Waals surface area contributed by atoms with E-state index in [1.165, 1.54) is 6.33 Å². The Morgan fingerprint density at radius 3 is 3.00 bits per heavy atom. The molecule has 7 nitrogen and oxygen atoms in total. The van der Waals surface area contributed by atoms with Gasteiger partial charge in [-0.15, -0.1) is 0 Å². The van der Waals surface area contributed by atoms with Gasteiger partial charge >= 0.3 is 0 Å². The van der Waals surface area contributed by atoms with Gasteiger partial charge in [0.15, 0.2) is 0 Å². The van der Waals surface area contributed by atoms with Gasteiger partial charge in [0, 0.05) is 31.8 Å². The minimum Gasteiger partial charge on any atom is -0.369 e. The first-order valence-corrected chi connectivity index (χ1v) is 6.61. The first kappa shape index (κ1) is 12.9. The molecule has 0 fully saturated rings. The first-order chi connectivity index (χ1) is 9.65. The van der Waals surface area contributed by atoms with Crippen molar-refractivity contribution in [3.05, 3.63) is 35.0 Å². The summed E-state index contributed by atoms with van der Waals surface area (Å²) in [5, 5.41) is 12.3. The lowest BCUT2D eigenvalue weighted by Gasteiger charge is -2.11. The third-order valence-electron chi connectivity index (χ3n) is 3.05. The van der Waals surface area contributed by atoms with Crippen LogP contribution in [0.5, 0.6) is 0 Å². The van der Waals surface area contributed by atoms with Gasteiger partial charge in [0.25, 0.3) is 5.78 Å². The predicted molar refractivity (Wildman–Crippen MR) is 75.9 cm³/mol. The van der Waals surface area contributed by atoms with Crippen molar-refractivity contribution in [3.63, 3.8) is 0 Å². The van der Waals surface area contributed by atoms with Crippen LogP contribution in [0.2, 0.25) is 5.15 Å². The number of nitrogens with zero attached hydrogens (tertiary/aromatic N) is 6. The third-order valence-corrected chi connectivity index (χ3v) is 3.41. The van der Waals surface area contributed by atoms with Crippen molar-refractivity contribution in [1.29, 1.82) is 0 Å². The van der Waals surface area contributed by atoms with E-state index in [1.54, 1.807) is 9.20 Å². The van der Waals surface area contributed by atoms with Crippen LogP contribution in [-0.4, -0.2) is 35.9 Å². The summed E-state index contributed by atoms with van der Waals surface area (Å²) in [5.74, 6) is 1.30. The minimum absolute atomic E-state index is 0.436. The van der Waals surface area contributed by atoms with Gasteiger partial charge < -0.3 is 5.32 Å². The van der Waals surface area contributed by atoms with Gasteiger partial charge in [-0.2, -0.15) is 24.7 Å². The molecule has 3 aromatic heterocycles. The molecule has 0 atom stereocenters. The maximum absolute atomic E-state index is 6.10. The summed E-state index contributed by atoms with van der Waals surface area (Å²) in [5.41, 5.74) is 1.89. The van der Waals surface area contributed by atoms with Gasteiger partial charge in [0.05, 0.1) is 5.69 Å². The number of halogens is 1. The summed E-state index contributed by atoms with van der Waals surface area (Å²) in [7, 11) is 1.91. The number of hydrogen-bond acceptors (Lipinski definition) is 5. The second kappa shape index (κ2) is 5.09. The van der Waals surface area contributed by atoms with E-state index in [1.807, 2.05) is 26.2 Å². The van der Waals surface area contributed by atoms with Gasteiger partial charge in [-0.05, 0) is 13.0 Å². The van der Waals surface area contributed by atoms with E-state index in [0.717, 1.165) is 30.0 Å². The number of fused-ring (bicyclic) bond motifs is 1. The van der Waals surface area contributed by atoms with Crippen LogP contribution < -0.4 is 5.32 Å². The first-order valence-electron chi connectivity index (χ1n) is 6.23. The van der Waals surface area contributed by atoms with E-state index in [4.69, 9.17) is 11.6 Å². The summed E-state index contributed by atoms with van der Waals surface area (Å²) >= 11 is 6.10. The van der Waals surface area contributed by atoms with Gasteiger partial charge in [0.2, 0.25) is 0 Å². The average molecular weight is 292 g/mol. The zero-order chi connectivity index (χ0) is 14.1. The number of aromatic nitrogens is 6. The van der Waals surface area contributed by atoms with Gasteiger partial charge in [-0.1, -0.05) is 11.6 Å². The molecule has 0 amide bonds. The van der Waals surface area contributed by atoms with Crippen LogP contribution in [-0.2, 0) is 13.5 Å². The highest BCUT2D eigenvalue weighted by atomic mass is 35.5. The van der Waals surface area contributed by atoms with E-state index in [2.05, 4.69) is 25.5 Å². The molecule has 104 valence electrons. The molecule has 0 spiro atoms. The number of hydrogen-bond donors (Lipinski definition) is 1. The van der Waals surface area contributed by atoms with E-state index < -0.39 is 0 Å². The van der Waals surface area contributed by atoms with E-state index in [-0.39, 0.29) is 0 Å². The lowest BCUT2D eigenvalue weighted by Crippen LogP contribution is -2.12. The van der Waals surface area contributed by atoms with Crippen molar-refractivity contribution < 1.29 is 0 Å². The molecule has 3 aromatic rings. The minimum atomic E-state index is 0.436.